The van der Waals surface area contributed by atoms with E-state index < -0.39 is 0 Å². The van der Waals surface area contributed by atoms with Gasteiger partial charge in [-0.05, 0) is 45.2 Å². The highest BCUT2D eigenvalue weighted by Gasteiger charge is 2.26. The summed E-state index contributed by atoms with van der Waals surface area (Å²) >= 11 is 0. The van der Waals surface area contributed by atoms with Crippen LogP contribution in [-0.2, 0) is 6.42 Å². The van der Waals surface area contributed by atoms with Crippen molar-refractivity contribution < 1.29 is 4.52 Å². The van der Waals surface area contributed by atoms with Gasteiger partial charge in [0.25, 0.3) is 0 Å². The third-order valence-corrected chi connectivity index (χ3v) is 3.36. The van der Waals surface area contributed by atoms with Crippen LogP contribution in [-0.4, -0.2) is 23.7 Å². The average Bonchev–Trinajstić information content (AvgIpc) is 2.87. The third-order valence-electron chi connectivity index (χ3n) is 3.36. The summed E-state index contributed by atoms with van der Waals surface area (Å²) in [6.45, 7) is 3.30. The second kappa shape index (κ2) is 5.43. The van der Waals surface area contributed by atoms with Crippen molar-refractivity contribution in [1.82, 2.24) is 15.5 Å². The van der Waals surface area contributed by atoms with E-state index in [4.69, 9.17) is 4.52 Å². The standard InChI is InChI=1S/C12H21N3O/c1-9-5-6-10(8-9)12-14-11(16-15-12)4-3-7-13-2/h9-10,13H,3-8H2,1-2H3. The van der Waals surface area contributed by atoms with Crippen LogP contribution in [0.25, 0.3) is 0 Å². The molecule has 1 aliphatic rings. The van der Waals surface area contributed by atoms with Gasteiger partial charge >= 0.3 is 0 Å². The van der Waals surface area contributed by atoms with Crippen molar-refractivity contribution in [1.29, 1.82) is 0 Å². The predicted molar refractivity (Wildman–Crippen MR) is 62.3 cm³/mol. The number of hydrogen-bond acceptors (Lipinski definition) is 4. The van der Waals surface area contributed by atoms with Gasteiger partial charge in [-0.3, -0.25) is 0 Å². The molecular weight excluding hydrogens is 202 g/mol. The molecule has 2 atom stereocenters. The Morgan fingerprint density at radius 1 is 1.44 bits per heavy atom. The minimum atomic E-state index is 0.539. The molecule has 4 heteroatoms. The monoisotopic (exact) mass is 223 g/mol. The summed E-state index contributed by atoms with van der Waals surface area (Å²) in [4.78, 5) is 4.49. The van der Waals surface area contributed by atoms with Crippen LogP contribution >= 0.6 is 0 Å². The van der Waals surface area contributed by atoms with Crippen molar-refractivity contribution in [2.24, 2.45) is 5.92 Å². The first kappa shape index (κ1) is 11.6. The lowest BCUT2D eigenvalue weighted by Gasteiger charge is -2.01. The number of aryl methyl sites for hydroxylation is 1. The summed E-state index contributed by atoms with van der Waals surface area (Å²) in [5, 5.41) is 7.22. The SMILES string of the molecule is CNCCCc1nc(C2CCC(C)C2)no1. The number of aromatic nitrogens is 2. The molecule has 4 nitrogen and oxygen atoms in total. The molecule has 90 valence electrons. The van der Waals surface area contributed by atoms with Crippen LogP contribution in [0.2, 0.25) is 0 Å². The summed E-state index contributed by atoms with van der Waals surface area (Å²) in [5.41, 5.74) is 0. The van der Waals surface area contributed by atoms with E-state index in [9.17, 15) is 0 Å². The number of hydrogen-bond donors (Lipinski definition) is 1. The molecule has 1 aliphatic carbocycles. The van der Waals surface area contributed by atoms with Crippen LogP contribution in [0.15, 0.2) is 4.52 Å². The molecule has 0 bridgehead atoms. The van der Waals surface area contributed by atoms with Gasteiger partial charge < -0.3 is 9.84 Å². The second-order valence-electron chi connectivity index (χ2n) is 4.87. The number of rotatable bonds is 5. The summed E-state index contributed by atoms with van der Waals surface area (Å²) in [7, 11) is 1.96. The summed E-state index contributed by atoms with van der Waals surface area (Å²) in [6, 6.07) is 0. The molecular formula is C12H21N3O. The van der Waals surface area contributed by atoms with Crippen LogP contribution in [0.1, 0.15) is 50.2 Å². The first-order valence-corrected chi connectivity index (χ1v) is 6.26. The maximum absolute atomic E-state index is 5.27. The highest BCUT2D eigenvalue weighted by Crippen LogP contribution is 2.36. The molecule has 1 aromatic rings. The Bertz CT molecular complexity index is 324. The van der Waals surface area contributed by atoms with E-state index in [1.165, 1.54) is 19.3 Å². The molecule has 0 aromatic carbocycles. The fourth-order valence-corrected chi connectivity index (χ4v) is 2.39. The quantitative estimate of drug-likeness (QED) is 0.777. The van der Waals surface area contributed by atoms with E-state index in [2.05, 4.69) is 22.4 Å². The van der Waals surface area contributed by atoms with E-state index in [1.54, 1.807) is 0 Å². The molecule has 0 aliphatic heterocycles. The molecule has 0 radical (unpaired) electrons. The third kappa shape index (κ3) is 2.82. The molecule has 1 N–H and O–H groups in total. The molecule has 0 saturated heterocycles. The van der Waals surface area contributed by atoms with Gasteiger partial charge in [-0.25, -0.2) is 0 Å². The molecule has 1 aromatic heterocycles. The molecule has 1 heterocycles. The van der Waals surface area contributed by atoms with Crippen LogP contribution < -0.4 is 5.32 Å². The van der Waals surface area contributed by atoms with E-state index in [0.29, 0.717) is 5.92 Å². The van der Waals surface area contributed by atoms with Gasteiger partial charge in [0.2, 0.25) is 5.89 Å². The van der Waals surface area contributed by atoms with Crippen molar-refractivity contribution in [2.45, 2.75) is 44.9 Å². The van der Waals surface area contributed by atoms with Crippen molar-refractivity contribution in [3.63, 3.8) is 0 Å². The Morgan fingerprint density at radius 3 is 3.00 bits per heavy atom. The van der Waals surface area contributed by atoms with Crippen molar-refractivity contribution in [2.75, 3.05) is 13.6 Å². The Labute approximate surface area is 96.8 Å². The van der Waals surface area contributed by atoms with E-state index in [-0.39, 0.29) is 0 Å². The van der Waals surface area contributed by atoms with Crippen LogP contribution in [0.5, 0.6) is 0 Å². The van der Waals surface area contributed by atoms with Crippen molar-refractivity contribution >= 4 is 0 Å². The Hall–Kier alpha value is -0.900. The van der Waals surface area contributed by atoms with Gasteiger partial charge in [0, 0.05) is 12.3 Å². The smallest absolute Gasteiger partial charge is 0.226 e. The highest BCUT2D eigenvalue weighted by molar-refractivity contribution is 4.99. The minimum Gasteiger partial charge on any atom is -0.339 e. The fraction of sp³-hybridized carbons (Fsp3) is 0.833. The molecule has 0 spiro atoms. The summed E-state index contributed by atoms with van der Waals surface area (Å²) in [5.74, 6) is 3.08. The topological polar surface area (TPSA) is 51.0 Å². The van der Waals surface area contributed by atoms with Gasteiger partial charge in [-0.15, -0.1) is 0 Å². The number of nitrogens with zero attached hydrogens (tertiary/aromatic N) is 2. The Balaban J connectivity index is 1.87. The van der Waals surface area contributed by atoms with E-state index >= 15 is 0 Å². The molecule has 1 fully saturated rings. The minimum absolute atomic E-state index is 0.539. The maximum atomic E-state index is 5.27. The Kier molecular flexibility index (Phi) is 3.93. The molecule has 16 heavy (non-hydrogen) atoms. The molecule has 2 unspecified atom stereocenters. The van der Waals surface area contributed by atoms with Gasteiger partial charge in [-0.1, -0.05) is 12.1 Å². The summed E-state index contributed by atoms with van der Waals surface area (Å²) in [6.07, 6.45) is 5.68. The van der Waals surface area contributed by atoms with Crippen LogP contribution in [0.3, 0.4) is 0 Å². The second-order valence-corrected chi connectivity index (χ2v) is 4.87. The average molecular weight is 223 g/mol. The lowest BCUT2D eigenvalue weighted by atomic mass is 10.1. The number of nitrogens with one attached hydrogen (secondary N) is 1. The van der Waals surface area contributed by atoms with Crippen LogP contribution in [0.4, 0.5) is 0 Å². The Morgan fingerprint density at radius 2 is 2.31 bits per heavy atom. The van der Waals surface area contributed by atoms with Crippen molar-refractivity contribution in [3.05, 3.63) is 11.7 Å². The van der Waals surface area contributed by atoms with Gasteiger partial charge in [0.05, 0.1) is 0 Å². The predicted octanol–water partition coefficient (Wildman–Crippen LogP) is 2.13. The zero-order valence-electron chi connectivity index (χ0n) is 10.2. The normalized spacial score (nSPS) is 25.1. The molecule has 1 saturated carbocycles. The first-order valence-electron chi connectivity index (χ1n) is 6.26. The van der Waals surface area contributed by atoms with Gasteiger partial charge in [0.1, 0.15) is 0 Å². The zero-order valence-corrected chi connectivity index (χ0v) is 10.2. The molecule has 2 rings (SSSR count). The maximum Gasteiger partial charge on any atom is 0.226 e. The van der Waals surface area contributed by atoms with Crippen molar-refractivity contribution in [3.8, 4) is 0 Å². The largest absolute Gasteiger partial charge is 0.339 e. The molecule has 0 amide bonds. The lowest BCUT2D eigenvalue weighted by molar-refractivity contribution is 0.366. The highest BCUT2D eigenvalue weighted by atomic mass is 16.5. The van der Waals surface area contributed by atoms with E-state index in [0.717, 1.165) is 37.0 Å². The van der Waals surface area contributed by atoms with Crippen LogP contribution in [0, 0.1) is 5.92 Å². The van der Waals surface area contributed by atoms with Gasteiger partial charge in [0.15, 0.2) is 5.82 Å². The first-order chi connectivity index (χ1) is 7.79. The van der Waals surface area contributed by atoms with E-state index in [1.807, 2.05) is 7.05 Å². The fourth-order valence-electron chi connectivity index (χ4n) is 2.39. The summed E-state index contributed by atoms with van der Waals surface area (Å²) < 4.78 is 5.27. The zero-order chi connectivity index (χ0) is 11.4. The van der Waals surface area contributed by atoms with Gasteiger partial charge in [-0.2, -0.15) is 4.98 Å². The lowest BCUT2D eigenvalue weighted by Crippen LogP contribution is -2.08.